The molecule has 1 N–H and O–H groups in total. The summed E-state index contributed by atoms with van der Waals surface area (Å²) < 4.78 is 17.2. The zero-order chi connectivity index (χ0) is 24.5. The smallest absolute Gasteiger partial charge is 0.310 e. The number of benzene rings is 3. The first-order valence-corrected chi connectivity index (χ1v) is 11.8. The summed E-state index contributed by atoms with van der Waals surface area (Å²) in [5.41, 5.74) is 3.77. The maximum absolute atomic E-state index is 13.8. The molecule has 0 saturated heterocycles. The first-order valence-electron chi connectivity index (χ1n) is 11.8. The fourth-order valence-electron chi connectivity index (χ4n) is 5.85. The van der Waals surface area contributed by atoms with Crippen molar-refractivity contribution in [3.8, 4) is 11.5 Å². The van der Waals surface area contributed by atoms with E-state index < -0.39 is 29.6 Å². The highest BCUT2D eigenvalue weighted by Crippen LogP contribution is 2.60. The molecule has 1 saturated carbocycles. The predicted molar refractivity (Wildman–Crippen MR) is 130 cm³/mol. The maximum atomic E-state index is 13.8. The Morgan fingerprint density at radius 2 is 1.17 bits per heavy atom. The van der Waals surface area contributed by atoms with Crippen molar-refractivity contribution < 1.29 is 28.9 Å². The van der Waals surface area contributed by atoms with Gasteiger partial charge in [0, 0.05) is 24.7 Å². The summed E-state index contributed by atoms with van der Waals surface area (Å²) in [6, 6.07) is 22.7. The van der Waals surface area contributed by atoms with Gasteiger partial charge in [0.15, 0.2) is 0 Å². The summed E-state index contributed by atoms with van der Waals surface area (Å²) in [5.74, 6) is -2.92. The Morgan fingerprint density at radius 3 is 1.63 bits per heavy atom. The van der Waals surface area contributed by atoms with Gasteiger partial charge in [0.2, 0.25) is 0 Å². The molecule has 35 heavy (non-hydrogen) atoms. The molecule has 0 heterocycles. The lowest BCUT2D eigenvalue weighted by Crippen LogP contribution is -2.52. The third kappa shape index (κ3) is 4.03. The second-order valence-corrected chi connectivity index (χ2v) is 9.16. The van der Waals surface area contributed by atoms with E-state index in [1.54, 1.807) is 26.4 Å². The lowest BCUT2D eigenvalue weighted by Gasteiger charge is -2.49. The number of esters is 1. The van der Waals surface area contributed by atoms with Crippen molar-refractivity contribution in [3.63, 3.8) is 0 Å². The van der Waals surface area contributed by atoms with Crippen LogP contribution in [0.1, 0.15) is 34.1 Å². The van der Waals surface area contributed by atoms with Crippen molar-refractivity contribution in [1.29, 1.82) is 0 Å². The molecule has 0 spiro atoms. The number of rotatable bonds is 7. The van der Waals surface area contributed by atoms with Crippen molar-refractivity contribution in [2.75, 3.05) is 14.2 Å². The molecule has 0 amide bonds. The van der Waals surface area contributed by atoms with Gasteiger partial charge in [0.05, 0.1) is 26.1 Å². The number of hydrogen-bond acceptors (Lipinski definition) is 5. The van der Waals surface area contributed by atoms with Gasteiger partial charge in [-0.15, -0.1) is 0 Å². The zero-order valence-electron chi connectivity index (χ0n) is 19.7. The zero-order valence-corrected chi connectivity index (χ0v) is 19.7. The van der Waals surface area contributed by atoms with Crippen LogP contribution < -0.4 is 9.47 Å². The largest absolute Gasteiger partial charge is 0.496 e. The highest BCUT2D eigenvalue weighted by molar-refractivity contribution is 5.85. The molecule has 2 aliphatic carbocycles. The number of fused-ring (bicyclic) bond motifs is 1. The second-order valence-electron chi connectivity index (χ2n) is 9.16. The second kappa shape index (κ2) is 9.45. The van der Waals surface area contributed by atoms with E-state index in [1.165, 1.54) is 11.1 Å². The van der Waals surface area contributed by atoms with Gasteiger partial charge in [-0.3, -0.25) is 9.59 Å². The molecule has 0 aliphatic heterocycles. The first kappa shape index (κ1) is 23.0. The van der Waals surface area contributed by atoms with Gasteiger partial charge in [0.1, 0.15) is 17.6 Å². The van der Waals surface area contributed by atoms with E-state index in [4.69, 9.17) is 14.2 Å². The summed E-state index contributed by atoms with van der Waals surface area (Å²) in [5, 5.41) is 10.3. The van der Waals surface area contributed by atoms with E-state index in [-0.39, 0.29) is 12.1 Å². The van der Waals surface area contributed by atoms with Crippen LogP contribution in [0.4, 0.5) is 0 Å². The molecule has 2 atom stereocenters. The minimum Gasteiger partial charge on any atom is -0.496 e. The summed E-state index contributed by atoms with van der Waals surface area (Å²) in [6.07, 6.45) is 1.06. The van der Waals surface area contributed by atoms with Gasteiger partial charge >= 0.3 is 11.9 Å². The number of aliphatic carboxylic acids is 1. The molecule has 3 aromatic rings. The van der Waals surface area contributed by atoms with Gasteiger partial charge < -0.3 is 19.3 Å². The maximum Gasteiger partial charge on any atom is 0.310 e. The Kier molecular flexibility index (Phi) is 6.20. The van der Waals surface area contributed by atoms with Crippen LogP contribution in [-0.2, 0) is 27.2 Å². The first-order chi connectivity index (χ1) is 17.0. The molecule has 0 radical (unpaired) electrons. The van der Waals surface area contributed by atoms with E-state index >= 15 is 0 Å². The quantitative estimate of drug-likeness (QED) is 0.506. The monoisotopic (exact) mass is 472 g/mol. The Labute approximate surface area is 204 Å². The van der Waals surface area contributed by atoms with Crippen LogP contribution in [0.15, 0.2) is 72.8 Å². The molecular formula is C29H28O6. The van der Waals surface area contributed by atoms with E-state index in [0.29, 0.717) is 35.5 Å². The molecular weight excluding hydrogens is 444 g/mol. The van der Waals surface area contributed by atoms with E-state index in [0.717, 1.165) is 0 Å². The van der Waals surface area contributed by atoms with Gasteiger partial charge in [-0.1, -0.05) is 60.7 Å². The normalized spacial score (nSPS) is 23.1. The molecule has 0 aromatic heterocycles. The van der Waals surface area contributed by atoms with Crippen LogP contribution in [0, 0.1) is 11.8 Å². The summed E-state index contributed by atoms with van der Waals surface area (Å²) in [6.45, 7) is 0. The third-order valence-corrected chi connectivity index (χ3v) is 7.40. The minimum atomic E-state index is -0.964. The Hall–Kier alpha value is -3.80. The summed E-state index contributed by atoms with van der Waals surface area (Å²) in [7, 11) is 3.10. The van der Waals surface area contributed by atoms with Gasteiger partial charge in [0.25, 0.3) is 0 Å². The molecule has 1 fully saturated rings. The minimum absolute atomic E-state index is 0.264. The van der Waals surface area contributed by atoms with E-state index in [2.05, 4.69) is 12.1 Å². The highest BCUT2D eigenvalue weighted by atomic mass is 16.5. The van der Waals surface area contributed by atoms with Crippen molar-refractivity contribution in [1.82, 2.24) is 0 Å². The molecule has 3 aromatic carbocycles. The molecule has 6 nitrogen and oxygen atoms in total. The SMILES string of the molecule is COc1ccccc1[C@H]1[C@H](C(=O)O)[C@H](c2ccccc2OC)[C@@H]1C(=O)OC1Cc2ccccc2C1. The Morgan fingerprint density at radius 1 is 0.714 bits per heavy atom. The number of para-hydroxylation sites is 2. The molecule has 0 unspecified atom stereocenters. The van der Waals surface area contributed by atoms with Crippen molar-refractivity contribution in [2.45, 2.75) is 30.8 Å². The number of carbonyl (C=O) groups is 2. The highest BCUT2D eigenvalue weighted by Gasteiger charge is 2.60. The lowest BCUT2D eigenvalue weighted by atomic mass is 9.52. The van der Waals surface area contributed by atoms with Gasteiger partial charge in [-0.25, -0.2) is 0 Å². The number of carboxylic acids is 1. The fourth-order valence-corrected chi connectivity index (χ4v) is 5.85. The molecule has 180 valence electrons. The van der Waals surface area contributed by atoms with E-state index in [9.17, 15) is 14.7 Å². The number of hydrogen-bond donors (Lipinski definition) is 1. The number of methoxy groups -OCH3 is 2. The van der Waals surface area contributed by atoms with Crippen LogP contribution >= 0.6 is 0 Å². The van der Waals surface area contributed by atoms with Crippen molar-refractivity contribution >= 4 is 11.9 Å². The molecule has 6 heteroatoms. The Bertz CT molecular complexity index is 1170. The van der Waals surface area contributed by atoms with Crippen LogP contribution in [0.3, 0.4) is 0 Å². The number of ether oxygens (including phenoxy) is 3. The van der Waals surface area contributed by atoms with Crippen LogP contribution in [0.2, 0.25) is 0 Å². The van der Waals surface area contributed by atoms with Gasteiger partial charge in [-0.2, -0.15) is 0 Å². The average Bonchev–Trinajstić information content (AvgIpc) is 3.26. The molecule has 5 rings (SSSR count). The predicted octanol–water partition coefficient (Wildman–Crippen LogP) is 4.61. The standard InChI is InChI=1S/C29H28O6/c1-33-22-13-7-5-11-20(22)24-26(28(30)31)25(21-12-6-8-14-23(21)34-2)27(24)29(32)35-19-15-17-9-3-4-10-18(17)16-19/h3-14,19,24-27H,15-16H2,1-2H3,(H,30,31)/t24-,25-,26-,27+/m0/s1. The van der Waals surface area contributed by atoms with Crippen LogP contribution in [0.5, 0.6) is 11.5 Å². The topological polar surface area (TPSA) is 82.1 Å². The molecule has 2 aliphatic rings. The van der Waals surface area contributed by atoms with Crippen molar-refractivity contribution in [2.24, 2.45) is 11.8 Å². The van der Waals surface area contributed by atoms with Crippen LogP contribution in [-0.4, -0.2) is 37.4 Å². The Balaban J connectivity index is 1.53. The number of carboxylic acid groups (broad SMARTS) is 1. The van der Waals surface area contributed by atoms with Gasteiger partial charge in [-0.05, 0) is 34.4 Å². The van der Waals surface area contributed by atoms with E-state index in [1.807, 2.05) is 48.5 Å². The fraction of sp³-hybridized carbons (Fsp3) is 0.310. The van der Waals surface area contributed by atoms with Crippen molar-refractivity contribution in [3.05, 3.63) is 95.1 Å². The average molecular weight is 473 g/mol. The third-order valence-electron chi connectivity index (χ3n) is 7.40. The summed E-state index contributed by atoms with van der Waals surface area (Å²) >= 11 is 0. The molecule has 0 bridgehead atoms. The number of carbonyl (C=O) groups excluding carboxylic acids is 1. The summed E-state index contributed by atoms with van der Waals surface area (Å²) in [4.78, 5) is 26.3. The lowest BCUT2D eigenvalue weighted by molar-refractivity contribution is -0.167. The van der Waals surface area contributed by atoms with Crippen LogP contribution in [0.25, 0.3) is 0 Å².